The van der Waals surface area contributed by atoms with Crippen molar-refractivity contribution in [2.45, 2.75) is 13.8 Å². The average molecular weight is 576 g/mol. The molecule has 1 heterocycles. The van der Waals surface area contributed by atoms with Gasteiger partial charge in [0.15, 0.2) is 11.7 Å². The maximum atomic E-state index is 12.6. The number of aryl methyl sites for hydroxylation is 2. The molecule has 5 aromatic rings. The number of rotatable bonds is 10. The maximum absolute atomic E-state index is 12.6. The Bertz CT molecular complexity index is 1700. The third-order valence-corrected chi connectivity index (χ3v) is 7.15. The van der Waals surface area contributed by atoms with Crippen molar-refractivity contribution in [3.05, 3.63) is 125 Å². The minimum atomic E-state index is -0.322. The first-order valence-electron chi connectivity index (χ1n) is 13.2. The third kappa shape index (κ3) is 7.67. The Kier molecular flexibility index (Phi) is 9.00. The number of ether oxygens (including phenoxy) is 1. The fourth-order valence-electron chi connectivity index (χ4n) is 3.95. The Morgan fingerprint density at radius 2 is 1.64 bits per heavy atom. The van der Waals surface area contributed by atoms with E-state index in [1.807, 2.05) is 79.9 Å². The molecule has 0 bridgehead atoms. The summed E-state index contributed by atoms with van der Waals surface area (Å²) < 4.78 is 5.59. The molecule has 42 heavy (non-hydrogen) atoms. The van der Waals surface area contributed by atoms with Crippen molar-refractivity contribution in [1.29, 1.82) is 0 Å². The van der Waals surface area contributed by atoms with Crippen LogP contribution in [0, 0.1) is 13.8 Å². The number of carbonyl (C=O) groups excluding carboxylic acids is 2. The van der Waals surface area contributed by atoms with Gasteiger partial charge in [-0.05, 0) is 91.2 Å². The highest BCUT2D eigenvalue weighted by Gasteiger charge is 2.09. The first kappa shape index (κ1) is 28.3. The van der Waals surface area contributed by atoms with Gasteiger partial charge in [0.05, 0.1) is 11.9 Å². The minimum absolute atomic E-state index is 0.108. The number of hydrazone groups is 1. The summed E-state index contributed by atoms with van der Waals surface area (Å²) in [5.74, 6) is -0.0112. The fraction of sp³-hybridized carbons (Fsp3) is 0.0909. The maximum Gasteiger partial charge on any atom is 0.271 e. The van der Waals surface area contributed by atoms with Crippen molar-refractivity contribution in [2.24, 2.45) is 5.10 Å². The number of hydrogen-bond donors (Lipinski definition) is 3. The van der Waals surface area contributed by atoms with Crippen LogP contribution in [0.3, 0.4) is 0 Å². The lowest BCUT2D eigenvalue weighted by molar-refractivity contribution is -0.118. The molecular formula is C33H29N5O3S. The lowest BCUT2D eigenvalue weighted by Gasteiger charge is -2.09. The van der Waals surface area contributed by atoms with Crippen LogP contribution in [-0.2, 0) is 4.79 Å². The van der Waals surface area contributed by atoms with Gasteiger partial charge in [0.25, 0.3) is 11.8 Å². The molecule has 0 saturated carbocycles. The van der Waals surface area contributed by atoms with Crippen LogP contribution in [0.2, 0.25) is 0 Å². The lowest BCUT2D eigenvalue weighted by Crippen LogP contribution is -2.20. The quantitative estimate of drug-likeness (QED) is 0.123. The van der Waals surface area contributed by atoms with Crippen LogP contribution in [0.4, 0.5) is 16.5 Å². The van der Waals surface area contributed by atoms with Crippen molar-refractivity contribution in [2.75, 3.05) is 17.2 Å². The predicted octanol–water partition coefficient (Wildman–Crippen LogP) is 6.95. The number of carbonyl (C=O) groups is 2. The summed E-state index contributed by atoms with van der Waals surface area (Å²) in [5.41, 5.74) is 9.53. The number of nitrogens with one attached hydrogen (secondary N) is 3. The minimum Gasteiger partial charge on any atom is -0.484 e. The molecule has 0 aliphatic carbocycles. The first-order valence-corrected chi connectivity index (χ1v) is 14.1. The first-order chi connectivity index (χ1) is 20.4. The Labute approximate surface area is 248 Å². The molecule has 0 saturated heterocycles. The van der Waals surface area contributed by atoms with E-state index in [0.717, 1.165) is 38.9 Å². The van der Waals surface area contributed by atoms with Crippen LogP contribution in [0.15, 0.2) is 108 Å². The molecule has 2 amide bonds. The number of hydrogen-bond acceptors (Lipinski definition) is 7. The second-order valence-electron chi connectivity index (χ2n) is 9.51. The van der Waals surface area contributed by atoms with Gasteiger partial charge in [0.1, 0.15) is 5.75 Å². The van der Waals surface area contributed by atoms with Crippen LogP contribution in [0.1, 0.15) is 27.0 Å². The summed E-state index contributed by atoms with van der Waals surface area (Å²) in [7, 11) is 0. The van der Waals surface area contributed by atoms with E-state index in [1.165, 1.54) is 16.9 Å². The molecule has 0 unspecified atom stereocenters. The van der Waals surface area contributed by atoms with Crippen LogP contribution >= 0.6 is 11.3 Å². The van der Waals surface area contributed by atoms with Crippen molar-refractivity contribution >= 4 is 45.9 Å². The van der Waals surface area contributed by atoms with E-state index >= 15 is 0 Å². The van der Waals surface area contributed by atoms with Gasteiger partial charge in [-0.2, -0.15) is 5.10 Å². The van der Waals surface area contributed by atoms with E-state index in [9.17, 15) is 9.59 Å². The molecule has 0 spiro atoms. The number of thiazole rings is 1. The van der Waals surface area contributed by atoms with Gasteiger partial charge in [0, 0.05) is 27.9 Å². The third-order valence-electron chi connectivity index (χ3n) is 6.39. The smallest absolute Gasteiger partial charge is 0.271 e. The summed E-state index contributed by atoms with van der Waals surface area (Å²) in [5, 5.41) is 13.0. The monoisotopic (exact) mass is 575 g/mol. The summed E-state index contributed by atoms with van der Waals surface area (Å²) in [6.45, 7) is 3.92. The zero-order valence-corrected chi connectivity index (χ0v) is 23.9. The fourth-order valence-corrected chi connectivity index (χ4v) is 4.69. The van der Waals surface area contributed by atoms with E-state index in [2.05, 4.69) is 26.1 Å². The highest BCUT2D eigenvalue weighted by atomic mass is 32.1. The SMILES string of the molecule is Cc1ccc(NC(=O)COc2ccc(/C=N/NC(=O)c3ccc(-c4csc(Nc5ccccc5)n4)cc3)cc2)cc1C. The summed E-state index contributed by atoms with van der Waals surface area (Å²) in [6, 6.07) is 29.9. The molecule has 5 rings (SSSR count). The molecular weight excluding hydrogens is 546 g/mol. The molecule has 0 radical (unpaired) electrons. The molecule has 0 atom stereocenters. The van der Waals surface area contributed by atoms with Crippen molar-refractivity contribution in [3.8, 4) is 17.0 Å². The van der Waals surface area contributed by atoms with Crippen molar-refractivity contribution in [3.63, 3.8) is 0 Å². The number of amides is 2. The second-order valence-corrected chi connectivity index (χ2v) is 10.4. The standard InChI is InChI=1S/C33H29N5O3S/c1-22-8-15-28(18-23(22)2)35-31(39)20-41-29-16-9-24(10-17-29)19-34-38-32(40)26-13-11-25(12-14-26)30-21-42-33(37-30)36-27-6-4-3-5-7-27/h3-19,21H,20H2,1-2H3,(H,35,39)(H,36,37)(H,38,40)/b34-19+. The number of anilines is 3. The van der Waals surface area contributed by atoms with Gasteiger partial charge in [-0.3, -0.25) is 9.59 Å². The predicted molar refractivity (Wildman–Crippen MR) is 169 cm³/mol. The van der Waals surface area contributed by atoms with Crippen LogP contribution in [0.25, 0.3) is 11.3 Å². The Morgan fingerprint density at radius 1 is 0.881 bits per heavy atom. The Hall–Kier alpha value is -5.28. The van der Waals surface area contributed by atoms with Gasteiger partial charge < -0.3 is 15.4 Å². The van der Waals surface area contributed by atoms with Gasteiger partial charge in [-0.1, -0.05) is 36.4 Å². The Balaban J connectivity index is 1.08. The lowest BCUT2D eigenvalue weighted by atomic mass is 10.1. The van der Waals surface area contributed by atoms with Crippen molar-refractivity contribution in [1.82, 2.24) is 10.4 Å². The van der Waals surface area contributed by atoms with Crippen LogP contribution in [0.5, 0.6) is 5.75 Å². The zero-order chi connectivity index (χ0) is 29.3. The van der Waals surface area contributed by atoms with Gasteiger partial charge in [-0.25, -0.2) is 10.4 Å². The number of aromatic nitrogens is 1. The van der Waals surface area contributed by atoms with E-state index in [1.54, 1.807) is 42.6 Å². The molecule has 3 N–H and O–H groups in total. The van der Waals surface area contributed by atoms with E-state index in [-0.39, 0.29) is 18.4 Å². The van der Waals surface area contributed by atoms with E-state index in [4.69, 9.17) is 4.74 Å². The molecule has 0 aliphatic rings. The number of nitrogens with zero attached hydrogens (tertiary/aromatic N) is 2. The summed E-state index contributed by atoms with van der Waals surface area (Å²) in [4.78, 5) is 29.4. The Morgan fingerprint density at radius 3 is 2.38 bits per heavy atom. The van der Waals surface area contributed by atoms with E-state index in [0.29, 0.717) is 11.3 Å². The highest BCUT2D eigenvalue weighted by Crippen LogP contribution is 2.27. The normalized spacial score (nSPS) is 10.8. The summed E-state index contributed by atoms with van der Waals surface area (Å²) in [6.07, 6.45) is 1.54. The van der Waals surface area contributed by atoms with Gasteiger partial charge >= 0.3 is 0 Å². The molecule has 210 valence electrons. The summed E-state index contributed by atoms with van der Waals surface area (Å²) >= 11 is 1.52. The molecule has 0 aliphatic heterocycles. The van der Waals surface area contributed by atoms with Crippen LogP contribution < -0.4 is 20.8 Å². The second kappa shape index (κ2) is 13.4. The zero-order valence-electron chi connectivity index (χ0n) is 23.1. The molecule has 0 fully saturated rings. The molecule has 4 aromatic carbocycles. The number of benzene rings is 4. The molecule has 9 heteroatoms. The number of para-hydroxylation sites is 1. The topological polar surface area (TPSA) is 105 Å². The van der Waals surface area contributed by atoms with Gasteiger partial charge in [-0.15, -0.1) is 11.3 Å². The average Bonchev–Trinajstić information content (AvgIpc) is 3.47. The largest absolute Gasteiger partial charge is 0.484 e. The van der Waals surface area contributed by atoms with Crippen molar-refractivity contribution < 1.29 is 14.3 Å². The highest BCUT2D eigenvalue weighted by molar-refractivity contribution is 7.14. The van der Waals surface area contributed by atoms with E-state index < -0.39 is 0 Å². The molecule has 8 nitrogen and oxygen atoms in total. The van der Waals surface area contributed by atoms with Gasteiger partial charge in [0.2, 0.25) is 0 Å². The van der Waals surface area contributed by atoms with Crippen LogP contribution in [-0.4, -0.2) is 29.6 Å². The molecule has 1 aromatic heterocycles.